The molecule has 2 aromatic carbocycles. The van der Waals surface area contributed by atoms with Crippen molar-refractivity contribution in [3.05, 3.63) is 71.8 Å². The third kappa shape index (κ3) is 6.17. The van der Waals surface area contributed by atoms with Crippen molar-refractivity contribution in [1.82, 2.24) is 0 Å². The number of aliphatic hydroxyl groups excluding tert-OH is 4. The van der Waals surface area contributed by atoms with Crippen LogP contribution in [-0.4, -0.2) is 58.1 Å². The topological polar surface area (TPSA) is 99.4 Å². The Balaban J connectivity index is 1.89. The summed E-state index contributed by atoms with van der Waals surface area (Å²) < 4.78 is 11.0. The van der Waals surface area contributed by atoms with Crippen LogP contribution in [0.15, 0.2) is 60.7 Å². The van der Waals surface area contributed by atoms with Crippen LogP contribution >= 0.6 is 0 Å². The molecule has 0 aromatic heterocycles. The number of aliphatic hydroxyl groups is 4. The van der Waals surface area contributed by atoms with Crippen molar-refractivity contribution < 1.29 is 29.9 Å². The summed E-state index contributed by atoms with van der Waals surface area (Å²) in [7, 11) is 0. The molecule has 0 fully saturated rings. The first-order valence-electron chi connectivity index (χ1n) is 8.54. The lowest BCUT2D eigenvalue weighted by Gasteiger charge is -2.30. The Bertz CT molecular complexity index is 551. The zero-order chi connectivity index (χ0) is 18.8. The van der Waals surface area contributed by atoms with Crippen LogP contribution in [0.4, 0.5) is 0 Å². The minimum absolute atomic E-state index is 0.185. The zero-order valence-corrected chi connectivity index (χ0v) is 14.5. The molecule has 4 atom stereocenters. The summed E-state index contributed by atoms with van der Waals surface area (Å²) >= 11 is 0. The molecule has 0 saturated heterocycles. The molecule has 142 valence electrons. The van der Waals surface area contributed by atoms with E-state index >= 15 is 0 Å². The summed E-state index contributed by atoms with van der Waals surface area (Å²) in [5.41, 5.74) is 1.76. The van der Waals surface area contributed by atoms with Crippen LogP contribution in [0.25, 0.3) is 0 Å². The molecule has 0 heterocycles. The average Bonchev–Trinajstić information content (AvgIpc) is 2.70. The lowest BCUT2D eigenvalue weighted by Crippen LogP contribution is -2.49. The fraction of sp³-hybridized carbons (Fsp3) is 0.400. The summed E-state index contributed by atoms with van der Waals surface area (Å²) in [6.07, 6.45) is -4.81. The van der Waals surface area contributed by atoms with Gasteiger partial charge in [0.1, 0.15) is 24.4 Å². The predicted molar refractivity (Wildman–Crippen MR) is 96.2 cm³/mol. The van der Waals surface area contributed by atoms with E-state index in [1.807, 2.05) is 60.7 Å². The second-order valence-electron chi connectivity index (χ2n) is 6.02. The Morgan fingerprint density at radius 2 is 0.962 bits per heavy atom. The van der Waals surface area contributed by atoms with E-state index in [4.69, 9.17) is 9.47 Å². The van der Waals surface area contributed by atoms with Crippen molar-refractivity contribution in [1.29, 1.82) is 0 Å². The average molecular weight is 362 g/mol. The smallest absolute Gasteiger partial charge is 0.111 e. The van der Waals surface area contributed by atoms with Gasteiger partial charge in [-0.3, -0.25) is 0 Å². The normalized spacial score (nSPS) is 16.0. The van der Waals surface area contributed by atoms with Gasteiger partial charge in [0.2, 0.25) is 0 Å². The molecule has 0 amide bonds. The molecule has 6 nitrogen and oxygen atoms in total. The first kappa shape index (κ1) is 20.5. The van der Waals surface area contributed by atoms with Gasteiger partial charge in [-0.15, -0.1) is 0 Å². The second-order valence-corrected chi connectivity index (χ2v) is 6.02. The third-order valence-corrected chi connectivity index (χ3v) is 4.09. The van der Waals surface area contributed by atoms with Crippen LogP contribution in [-0.2, 0) is 22.7 Å². The fourth-order valence-corrected chi connectivity index (χ4v) is 2.51. The van der Waals surface area contributed by atoms with E-state index in [0.29, 0.717) is 0 Å². The SMILES string of the molecule is OC[C@@H](OCc1ccccc1)[C@H](O)[C@@H](O)[C@@H](CO)OCc1ccccc1. The lowest BCUT2D eigenvalue weighted by atomic mass is 10.0. The molecule has 0 aliphatic rings. The van der Waals surface area contributed by atoms with Crippen LogP contribution in [0.3, 0.4) is 0 Å². The van der Waals surface area contributed by atoms with E-state index < -0.39 is 37.6 Å². The molecule has 0 aliphatic heterocycles. The monoisotopic (exact) mass is 362 g/mol. The highest BCUT2D eigenvalue weighted by Crippen LogP contribution is 2.14. The van der Waals surface area contributed by atoms with Gasteiger partial charge in [-0.1, -0.05) is 60.7 Å². The number of hydrogen-bond donors (Lipinski definition) is 4. The quantitative estimate of drug-likeness (QED) is 0.473. The summed E-state index contributed by atoms with van der Waals surface area (Å²) in [5.74, 6) is 0. The van der Waals surface area contributed by atoms with Crippen molar-refractivity contribution >= 4 is 0 Å². The summed E-state index contributed by atoms with van der Waals surface area (Å²) in [5, 5.41) is 39.6. The molecular formula is C20H26O6. The van der Waals surface area contributed by atoms with Crippen LogP contribution in [0, 0.1) is 0 Å². The van der Waals surface area contributed by atoms with Crippen LogP contribution in [0.2, 0.25) is 0 Å². The Labute approximate surface area is 153 Å². The number of rotatable bonds is 11. The molecule has 0 aliphatic carbocycles. The van der Waals surface area contributed by atoms with Gasteiger partial charge in [-0.05, 0) is 11.1 Å². The highest BCUT2D eigenvalue weighted by Gasteiger charge is 2.33. The molecule has 0 unspecified atom stereocenters. The molecule has 2 aromatic rings. The highest BCUT2D eigenvalue weighted by molar-refractivity contribution is 5.14. The van der Waals surface area contributed by atoms with Crippen LogP contribution in [0.5, 0.6) is 0 Å². The number of benzene rings is 2. The van der Waals surface area contributed by atoms with Crippen molar-refractivity contribution in [3.8, 4) is 0 Å². The van der Waals surface area contributed by atoms with Crippen molar-refractivity contribution in [2.45, 2.75) is 37.6 Å². The maximum absolute atomic E-state index is 10.3. The molecule has 0 spiro atoms. The Morgan fingerprint density at radius 3 is 1.27 bits per heavy atom. The van der Waals surface area contributed by atoms with Gasteiger partial charge in [-0.25, -0.2) is 0 Å². The maximum Gasteiger partial charge on any atom is 0.111 e. The first-order valence-corrected chi connectivity index (χ1v) is 8.54. The molecule has 4 N–H and O–H groups in total. The van der Waals surface area contributed by atoms with E-state index in [0.717, 1.165) is 11.1 Å². The summed E-state index contributed by atoms with van der Waals surface area (Å²) in [6, 6.07) is 18.6. The first-order chi connectivity index (χ1) is 12.7. The Kier molecular flexibility index (Phi) is 8.70. The largest absolute Gasteiger partial charge is 0.394 e. The van der Waals surface area contributed by atoms with Crippen molar-refractivity contribution in [2.24, 2.45) is 0 Å². The molecule has 6 heteroatoms. The van der Waals surface area contributed by atoms with Gasteiger partial charge in [0.25, 0.3) is 0 Å². The molecular weight excluding hydrogens is 336 g/mol. The Hall–Kier alpha value is -1.80. The summed E-state index contributed by atoms with van der Waals surface area (Å²) in [6.45, 7) is -0.571. The van der Waals surface area contributed by atoms with Crippen LogP contribution < -0.4 is 0 Å². The molecule has 0 saturated carbocycles. The van der Waals surface area contributed by atoms with Gasteiger partial charge in [0, 0.05) is 0 Å². The minimum Gasteiger partial charge on any atom is -0.394 e. The van der Waals surface area contributed by atoms with Gasteiger partial charge >= 0.3 is 0 Å². The van der Waals surface area contributed by atoms with Gasteiger partial charge in [0.05, 0.1) is 26.4 Å². The molecule has 0 radical (unpaired) electrons. The summed E-state index contributed by atoms with van der Waals surface area (Å²) in [4.78, 5) is 0. The van der Waals surface area contributed by atoms with Crippen molar-refractivity contribution in [3.63, 3.8) is 0 Å². The van der Waals surface area contributed by atoms with Gasteiger partial charge in [-0.2, -0.15) is 0 Å². The highest BCUT2D eigenvalue weighted by atomic mass is 16.5. The minimum atomic E-state index is -1.41. The lowest BCUT2D eigenvalue weighted by molar-refractivity contribution is -0.159. The predicted octanol–water partition coefficient (Wildman–Crippen LogP) is 0.864. The molecule has 2 rings (SSSR count). The van der Waals surface area contributed by atoms with E-state index in [1.165, 1.54) is 0 Å². The van der Waals surface area contributed by atoms with Gasteiger partial charge < -0.3 is 29.9 Å². The molecule has 0 bridgehead atoms. The van der Waals surface area contributed by atoms with Crippen molar-refractivity contribution in [2.75, 3.05) is 13.2 Å². The fourth-order valence-electron chi connectivity index (χ4n) is 2.51. The van der Waals surface area contributed by atoms with E-state index in [-0.39, 0.29) is 13.2 Å². The Morgan fingerprint density at radius 1 is 0.615 bits per heavy atom. The van der Waals surface area contributed by atoms with E-state index in [9.17, 15) is 20.4 Å². The third-order valence-electron chi connectivity index (χ3n) is 4.09. The van der Waals surface area contributed by atoms with Gasteiger partial charge in [0.15, 0.2) is 0 Å². The maximum atomic E-state index is 10.3. The molecule has 26 heavy (non-hydrogen) atoms. The number of ether oxygens (including phenoxy) is 2. The second kappa shape index (κ2) is 11.0. The zero-order valence-electron chi connectivity index (χ0n) is 14.5. The number of hydrogen-bond acceptors (Lipinski definition) is 6. The van der Waals surface area contributed by atoms with Crippen LogP contribution in [0.1, 0.15) is 11.1 Å². The van der Waals surface area contributed by atoms with E-state index in [1.54, 1.807) is 0 Å². The standard InChI is InChI=1S/C20H26O6/c21-11-17(25-13-15-7-3-1-4-8-15)19(23)20(24)18(12-22)26-14-16-9-5-2-6-10-16/h1-10,17-24H,11-14H2/t17-,18-,19+,20+/m1/s1. The van der Waals surface area contributed by atoms with E-state index in [2.05, 4.69) is 0 Å².